The normalized spacial score (nSPS) is 23.4. The summed E-state index contributed by atoms with van der Waals surface area (Å²) in [5.41, 5.74) is 5.04. The zero-order valence-electron chi connectivity index (χ0n) is 12.0. The summed E-state index contributed by atoms with van der Waals surface area (Å²) in [6.45, 7) is 7.23. The van der Waals surface area contributed by atoms with Crippen LogP contribution in [0.3, 0.4) is 0 Å². The van der Waals surface area contributed by atoms with Crippen molar-refractivity contribution in [2.75, 3.05) is 13.1 Å². The second-order valence-electron chi connectivity index (χ2n) is 6.58. The van der Waals surface area contributed by atoms with E-state index < -0.39 is 5.60 Å². The third-order valence-corrected chi connectivity index (χ3v) is 4.17. The van der Waals surface area contributed by atoms with Gasteiger partial charge in [-0.2, -0.15) is 0 Å². The fourth-order valence-electron chi connectivity index (χ4n) is 2.38. The van der Waals surface area contributed by atoms with Crippen molar-refractivity contribution in [3.63, 3.8) is 0 Å². The molecule has 0 saturated heterocycles. The van der Waals surface area contributed by atoms with E-state index >= 15 is 0 Å². The number of carbonyl (C=O) groups is 1. The van der Waals surface area contributed by atoms with E-state index in [2.05, 4.69) is 19.2 Å². The zero-order valence-corrected chi connectivity index (χ0v) is 12.0. The fraction of sp³-hybridized carbons (Fsp3) is 0.929. The summed E-state index contributed by atoms with van der Waals surface area (Å²) < 4.78 is 0. The van der Waals surface area contributed by atoms with Gasteiger partial charge in [-0.1, -0.05) is 20.8 Å². The molecule has 4 N–H and O–H groups in total. The first-order valence-electron chi connectivity index (χ1n) is 6.98. The van der Waals surface area contributed by atoms with Gasteiger partial charge in [0.05, 0.1) is 5.60 Å². The SMILES string of the molecule is CC(CCN)C(=O)NCC1(O)CCC(C)(C)CC1. The summed E-state index contributed by atoms with van der Waals surface area (Å²) in [5, 5.41) is 13.3. The molecule has 0 radical (unpaired) electrons. The van der Waals surface area contributed by atoms with Gasteiger partial charge in [0.2, 0.25) is 5.91 Å². The highest BCUT2D eigenvalue weighted by Gasteiger charge is 2.36. The maximum Gasteiger partial charge on any atom is 0.222 e. The van der Waals surface area contributed by atoms with Gasteiger partial charge in [-0.3, -0.25) is 4.79 Å². The van der Waals surface area contributed by atoms with Crippen molar-refractivity contribution < 1.29 is 9.90 Å². The van der Waals surface area contributed by atoms with E-state index in [0.29, 0.717) is 24.9 Å². The molecule has 1 fully saturated rings. The Labute approximate surface area is 110 Å². The summed E-state index contributed by atoms with van der Waals surface area (Å²) in [6, 6.07) is 0. The molecule has 0 heterocycles. The van der Waals surface area contributed by atoms with Gasteiger partial charge >= 0.3 is 0 Å². The van der Waals surface area contributed by atoms with E-state index in [9.17, 15) is 9.90 Å². The van der Waals surface area contributed by atoms with E-state index in [0.717, 1.165) is 25.7 Å². The van der Waals surface area contributed by atoms with Crippen LogP contribution in [0.25, 0.3) is 0 Å². The number of amides is 1. The minimum atomic E-state index is -0.715. The number of carbonyl (C=O) groups excluding carboxylic acids is 1. The Kier molecular flexibility index (Phi) is 5.17. The molecule has 0 aliphatic heterocycles. The zero-order chi connectivity index (χ0) is 13.8. The van der Waals surface area contributed by atoms with Crippen LogP contribution >= 0.6 is 0 Å². The van der Waals surface area contributed by atoms with E-state index in [-0.39, 0.29) is 11.8 Å². The molecule has 0 bridgehead atoms. The quantitative estimate of drug-likeness (QED) is 0.696. The first-order chi connectivity index (χ1) is 8.28. The number of nitrogens with two attached hydrogens (primary N) is 1. The molecule has 0 aromatic rings. The first-order valence-corrected chi connectivity index (χ1v) is 6.98. The molecule has 106 valence electrons. The van der Waals surface area contributed by atoms with Crippen LogP contribution in [0.1, 0.15) is 52.9 Å². The third kappa shape index (κ3) is 4.58. The van der Waals surface area contributed by atoms with Gasteiger partial charge in [0.15, 0.2) is 0 Å². The van der Waals surface area contributed by atoms with Gasteiger partial charge in [-0.25, -0.2) is 0 Å². The lowest BCUT2D eigenvalue weighted by Crippen LogP contribution is -2.47. The smallest absolute Gasteiger partial charge is 0.222 e. The predicted molar refractivity (Wildman–Crippen MR) is 73.0 cm³/mol. The fourth-order valence-corrected chi connectivity index (χ4v) is 2.38. The van der Waals surface area contributed by atoms with Crippen molar-refractivity contribution in [1.82, 2.24) is 5.32 Å². The number of rotatable bonds is 5. The number of nitrogens with one attached hydrogen (secondary N) is 1. The third-order valence-electron chi connectivity index (χ3n) is 4.17. The molecule has 1 unspecified atom stereocenters. The van der Waals surface area contributed by atoms with Crippen LogP contribution < -0.4 is 11.1 Å². The molecule has 1 aliphatic carbocycles. The van der Waals surface area contributed by atoms with Gasteiger partial charge in [0.1, 0.15) is 0 Å². The number of hydrogen-bond donors (Lipinski definition) is 3. The molecule has 1 saturated carbocycles. The maximum absolute atomic E-state index is 11.8. The molecular weight excluding hydrogens is 228 g/mol. The van der Waals surface area contributed by atoms with Crippen LogP contribution in [0, 0.1) is 11.3 Å². The van der Waals surface area contributed by atoms with Gasteiger partial charge in [0, 0.05) is 12.5 Å². The van der Waals surface area contributed by atoms with Crippen LogP contribution in [0.4, 0.5) is 0 Å². The largest absolute Gasteiger partial charge is 0.388 e. The van der Waals surface area contributed by atoms with E-state index in [1.807, 2.05) is 6.92 Å². The molecule has 0 aromatic heterocycles. The summed E-state index contributed by atoms with van der Waals surface area (Å²) in [6.07, 6.45) is 4.25. The van der Waals surface area contributed by atoms with Gasteiger partial charge < -0.3 is 16.2 Å². The molecular formula is C14H28N2O2. The highest BCUT2D eigenvalue weighted by Crippen LogP contribution is 2.39. The average Bonchev–Trinajstić information content (AvgIpc) is 2.31. The van der Waals surface area contributed by atoms with Crippen LogP contribution in [-0.2, 0) is 4.79 Å². The predicted octanol–water partition coefficient (Wildman–Crippen LogP) is 1.42. The van der Waals surface area contributed by atoms with Crippen molar-refractivity contribution in [2.24, 2.45) is 17.1 Å². The van der Waals surface area contributed by atoms with E-state index in [1.54, 1.807) is 0 Å². The molecule has 4 nitrogen and oxygen atoms in total. The lowest BCUT2D eigenvalue weighted by molar-refractivity contribution is -0.126. The molecule has 1 aliphatic rings. The minimum Gasteiger partial charge on any atom is -0.388 e. The topological polar surface area (TPSA) is 75.4 Å². The lowest BCUT2D eigenvalue weighted by Gasteiger charge is -2.40. The van der Waals surface area contributed by atoms with Gasteiger partial charge in [-0.15, -0.1) is 0 Å². The van der Waals surface area contributed by atoms with Crippen molar-refractivity contribution in [3.8, 4) is 0 Å². The highest BCUT2D eigenvalue weighted by molar-refractivity contribution is 5.78. The van der Waals surface area contributed by atoms with E-state index in [4.69, 9.17) is 5.73 Å². The van der Waals surface area contributed by atoms with E-state index in [1.165, 1.54) is 0 Å². The lowest BCUT2D eigenvalue weighted by atomic mass is 9.71. The Balaban J connectivity index is 2.37. The van der Waals surface area contributed by atoms with Crippen LogP contribution in [0.5, 0.6) is 0 Å². The maximum atomic E-state index is 11.8. The van der Waals surface area contributed by atoms with Gasteiger partial charge in [-0.05, 0) is 44.1 Å². The first kappa shape index (κ1) is 15.4. The Morgan fingerprint density at radius 1 is 1.33 bits per heavy atom. The second kappa shape index (κ2) is 6.02. The molecule has 18 heavy (non-hydrogen) atoms. The average molecular weight is 256 g/mol. The van der Waals surface area contributed by atoms with Crippen LogP contribution in [-0.4, -0.2) is 29.7 Å². The summed E-state index contributed by atoms with van der Waals surface area (Å²) in [7, 11) is 0. The van der Waals surface area contributed by atoms with Crippen molar-refractivity contribution in [3.05, 3.63) is 0 Å². The molecule has 0 spiro atoms. The standard InChI is InChI=1S/C14H28N2O2/c1-11(4-9-15)12(17)16-10-14(18)7-5-13(2,3)6-8-14/h11,18H,4-10,15H2,1-3H3,(H,16,17). The second-order valence-corrected chi connectivity index (χ2v) is 6.58. The Morgan fingerprint density at radius 3 is 2.39 bits per heavy atom. The van der Waals surface area contributed by atoms with Gasteiger partial charge in [0.25, 0.3) is 0 Å². The Hall–Kier alpha value is -0.610. The minimum absolute atomic E-state index is 0.00120. The molecule has 1 rings (SSSR count). The summed E-state index contributed by atoms with van der Waals surface area (Å²) >= 11 is 0. The highest BCUT2D eigenvalue weighted by atomic mass is 16.3. The van der Waals surface area contributed by atoms with Crippen molar-refractivity contribution >= 4 is 5.91 Å². The summed E-state index contributed by atoms with van der Waals surface area (Å²) in [5.74, 6) is -0.0719. The number of aliphatic hydroxyl groups is 1. The Morgan fingerprint density at radius 2 is 1.89 bits per heavy atom. The van der Waals surface area contributed by atoms with Crippen molar-refractivity contribution in [1.29, 1.82) is 0 Å². The number of hydrogen-bond acceptors (Lipinski definition) is 3. The Bertz CT molecular complexity index is 280. The monoisotopic (exact) mass is 256 g/mol. The van der Waals surface area contributed by atoms with Crippen molar-refractivity contribution in [2.45, 2.75) is 58.5 Å². The molecule has 4 heteroatoms. The molecule has 1 atom stereocenters. The van der Waals surface area contributed by atoms with Crippen LogP contribution in [0.15, 0.2) is 0 Å². The van der Waals surface area contributed by atoms with Crippen LogP contribution in [0.2, 0.25) is 0 Å². The molecule has 0 aromatic carbocycles. The summed E-state index contributed by atoms with van der Waals surface area (Å²) in [4.78, 5) is 11.8. The molecule has 1 amide bonds.